The summed E-state index contributed by atoms with van der Waals surface area (Å²) in [6.45, 7) is 0. The van der Waals surface area contributed by atoms with E-state index in [0.29, 0.717) is 11.4 Å². The monoisotopic (exact) mass is 321 g/mol. The second-order valence-electron chi connectivity index (χ2n) is 5.06. The van der Waals surface area contributed by atoms with Gasteiger partial charge in [-0.25, -0.2) is 13.1 Å². The van der Waals surface area contributed by atoms with Crippen LogP contribution in [0.2, 0.25) is 5.02 Å². The Bertz CT molecular complexity index is 626. The third-order valence-electron chi connectivity index (χ3n) is 3.86. The Hall–Kier alpha value is -0.630. The van der Waals surface area contributed by atoms with Crippen LogP contribution in [0.5, 0.6) is 0 Å². The van der Waals surface area contributed by atoms with E-state index in [1.54, 1.807) is 5.38 Å². The van der Waals surface area contributed by atoms with Crippen molar-refractivity contribution in [2.24, 2.45) is 17.8 Å². The van der Waals surface area contributed by atoms with Crippen molar-refractivity contribution in [3.8, 4) is 0 Å². The molecule has 0 bridgehead atoms. The van der Waals surface area contributed by atoms with E-state index in [2.05, 4.69) is 4.72 Å². The van der Waals surface area contributed by atoms with Crippen molar-refractivity contribution in [3.05, 3.63) is 16.5 Å². The van der Waals surface area contributed by atoms with Gasteiger partial charge in [0.1, 0.15) is 4.21 Å². The number of thiophene rings is 1. The predicted molar refractivity (Wildman–Crippen MR) is 70.8 cm³/mol. The zero-order valence-electron chi connectivity index (χ0n) is 9.74. The molecular weight excluding hydrogens is 310 g/mol. The topological polar surface area (TPSA) is 83.5 Å². The molecule has 0 saturated heterocycles. The van der Waals surface area contributed by atoms with Gasteiger partial charge in [0.25, 0.3) is 0 Å². The molecule has 1 aromatic heterocycles. The van der Waals surface area contributed by atoms with E-state index in [1.165, 1.54) is 6.07 Å². The van der Waals surface area contributed by atoms with Gasteiger partial charge < -0.3 is 5.11 Å². The maximum absolute atomic E-state index is 12.1. The fourth-order valence-corrected chi connectivity index (χ4v) is 5.62. The van der Waals surface area contributed by atoms with Crippen molar-refractivity contribution in [1.82, 2.24) is 4.72 Å². The van der Waals surface area contributed by atoms with E-state index < -0.39 is 21.9 Å². The molecule has 0 aliphatic heterocycles. The fourth-order valence-electron chi connectivity index (χ4n) is 2.90. The summed E-state index contributed by atoms with van der Waals surface area (Å²) in [5, 5.41) is 11.0. The zero-order chi connectivity index (χ0) is 13.8. The van der Waals surface area contributed by atoms with Crippen LogP contribution in [0.1, 0.15) is 12.8 Å². The van der Waals surface area contributed by atoms with Crippen LogP contribution in [0.15, 0.2) is 15.7 Å². The fraction of sp³-hybridized carbons (Fsp3) is 0.545. The second kappa shape index (κ2) is 4.44. The molecule has 0 aromatic carbocycles. The summed E-state index contributed by atoms with van der Waals surface area (Å²) >= 11 is 6.79. The summed E-state index contributed by atoms with van der Waals surface area (Å²) in [7, 11) is -3.59. The summed E-state index contributed by atoms with van der Waals surface area (Å²) in [6, 6.07) is 1.14. The van der Waals surface area contributed by atoms with E-state index >= 15 is 0 Å². The Balaban J connectivity index is 1.75. The lowest BCUT2D eigenvalue weighted by molar-refractivity contribution is -0.142. The molecule has 2 fully saturated rings. The average Bonchev–Trinajstić information content (AvgIpc) is 2.84. The molecule has 104 valence electrons. The normalized spacial score (nSPS) is 33.1. The molecule has 2 N–H and O–H groups in total. The van der Waals surface area contributed by atoms with Gasteiger partial charge in [0, 0.05) is 11.4 Å². The molecule has 19 heavy (non-hydrogen) atoms. The van der Waals surface area contributed by atoms with Crippen molar-refractivity contribution in [1.29, 1.82) is 0 Å². The highest BCUT2D eigenvalue weighted by Gasteiger charge is 2.57. The quantitative estimate of drug-likeness (QED) is 0.885. The van der Waals surface area contributed by atoms with Crippen molar-refractivity contribution in [2.75, 3.05) is 0 Å². The Morgan fingerprint density at radius 1 is 1.42 bits per heavy atom. The molecule has 8 heteroatoms. The summed E-state index contributed by atoms with van der Waals surface area (Å²) in [4.78, 5) is 11.0. The molecule has 1 heterocycles. The standard InChI is InChI=1S/C11H12ClNO4S2/c12-5-1-10(18-4-5)19(16,17)13-9-3-8(11(14)15)6-2-7(6)9/h1,4,6-9,13H,2-3H2,(H,14,15)/t6-,7+,8-,9+/m1/s1. The van der Waals surface area contributed by atoms with Gasteiger partial charge in [0.05, 0.1) is 10.9 Å². The van der Waals surface area contributed by atoms with Gasteiger partial charge in [-0.3, -0.25) is 4.79 Å². The number of nitrogens with one attached hydrogen (secondary N) is 1. The Kier molecular flexibility index (Phi) is 3.12. The molecule has 2 aliphatic carbocycles. The van der Waals surface area contributed by atoms with Gasteiger partial charge in [-0.05, 0) is 30.7 Å². The van der Waals surface area contributed by atoms with E-state index in [9.17, 15) is 13.2 Å². The summed E-state index contributed by atoms with van der Waals surface area (Å²) in [5.74, 6) is -0.929. The van der Waals surface area contributed by atoms with Crippen molar-refractivity contribution in [3.63, 3.8) is 0 Å². The minimum absolute atomic E-state index is 0.136. The highest BCUT2D eigenvalue weighted by atomic mass is 35.5. The van der Waals surface area contributed by atoms with Crippen molar-refractivity contribution < 1.29 is 18.3 Å². The molecule has 2 aliphatic rings. The largest absolute Gasteiger partial charge is 0.481 e. The van der Waals surface area contributed by atoms with Crippen LogP contribution in [0.25, 0.3) is 0 Å². The van der Waals surface area contributed by atoms with Crippen LogP contribution in [0, 0.1) is 17.8 Å². The lowest BCUT2D eigenvalue weighted by Gasteiger charge is -2.15. The molecule has 0 unspecified atom stereocenters. The molecular formula is C11H12ClNO4S2. The van der Waals surface area contributed by atoms with E-state index in [-0.39, 0.29) is 22.1 Å². The number of carbonyl (C=O) groups is 1. The van der Waals surface area contributed by atoms with Gasteiger partial charge in [-0.2, -0.15) is 0 Å². The van der Waals surface area contributed by atoms with Gasteiger partial charge >= 0.3 is 5.97 Å². The Labute approximate surface area is 119 Å². The first-order valence-corrected chi connectivity index (χ1v) is 8.62. The van der Waals surface area contributed by atoms with Crippen LogP contribution in [0.3, 0.4) is 0 Å². The number of carboxylic acids is 1. The minimum Gasteiger partial charge on any atom is -0.481 e. The van der Waals surface area contributed by atoms with Gasteiger partial charge in [0.2, 0.25) is 10.0 Å². The minimum atomic E-state index is -3.59. The highest BCUT2D eigenvalue weighted by molar-refractivity contribution is 7.91. The zero-order valence-corrected chi connectivity index (χ0v) is 12.1. The number of aliphatic carboxylic acids is 1. The summed E-state index contributed by atoms with van der Waals surface area (Å²) in [6.07, 6.45) is 1.18. The lowest BCUT2D eigenvalue weighted by Crippen LogP contribution is -2.35. The third kappa shape index (κ3) is 2.40. The Morgan fingerprint density at radius 2 is 2.16 bits per heavy atom. The first-order valence-electron chi connectivity index (χ1n) is 5.87. The molecule has 0 radical (unpaired) electrons. The van der Waals surface area contributed by atoms with Crippen LogP contribution in [0.4, 0.5) is 0 Å². The number of carboxylic acid groups (broad SMARTS) is 1. The third-order valence-corrected chi connectivity index (χ3v) is 7.14. The molecule has 5 nitrogen and oxygen atoms in total. The molecule has 3 rings (SSSR count). The first-order chi connectivity index (χ1) is 8.88. The lowest BCUT2D eigenvalue weighted by atomic mass is 10.0. The summed E-state index contributed by atoms with van der Waals surface area (Å²) < 4.78 is 27.1. The first kappa shape index (κ1) is 13.4. The Morgan fingerprint density at radius 3 is 2.68 bits per heavy atom. The van der Waals surface area contributed by atoms with Crippen LogP contribution in [-0.4, -0.2) is 25.5 Å². The number of sulfonamides is 1. The predicted octanol–water partition coefficient (Wildman–Crippen LogP) is 1.79. The number of hydrogen-bond donors (Lipinski definition) is 2. The van der Waals surface area contributed by atoms with Crippen LogP contribution < -0.4 is 4.72 Å². The van der Waals surface area contributed by atoms with Crippen LogP contribution >= 0.6 is 22.9 Å². The molecule has 1 aromatic rings. The molecule has 0 amide bonds. The second-order valence-corrected chi connectivity index (χ2v) is 8.34. The maximum Gasteiger partial charge on any atom is 0.306 e. The maximum atomic E-state index is 12.1. The van der Waals surface area contributed by atoms with Crippen LogP contribution in [-0.2, 0) is 14.8 Å². The molecule has 0 spiro atoms. The highest BCUT2D eigenvalue weighted by Crippen LogP contribution is 2.55. The van der Waals surface area contributed by atoms with E-state index in [4.69, 9.17) is 16.7 Å². The average molecular weight is 322 g/mol. The SMILES string of the molecule is O=C(O)[C@@H]1C[C@H](NS(=O)(=O)c2cc(Cl)cs2)[C@H]2C[C@H]21. The van der Waals surface area contributed by atoms with Gasteiger partial charge in [0.15, 0.2) is 0 Å². The molecule has 2 saturated carbocycles. The van der Waals surface area contributed by atoms with Gasteiger partial charge in [-0.15, -0.1) is 11.3 Å². The smallest absolute Gasteiger partial charge is 0.306 e. The summed E-state index contributed by atoms with van der Waals surface area (Å²) in [5.41, 5.74) is 0. The van der Waals surface area contributed by atoms with E-state index in [0.717, 1.165) is 17.8 Å². The number of hydrogen-bond acceptors (Lipinski definition) is 4. The number of fused-ring (bicyclic) bond motifs is 1. The van der Waals surface area contributed by atoms with Crippen molar-refractivity contribution in [2.45, 2.75) is 23.1 Å². The molecule has 4 atom stereocenters. The van der Waals surface area contributed by atoms with Gasteiger partial charge in [-0.1, -0.05) is 11.6 Å². The number of halogens is 1. The number of rotatable bonds is 4. The van der Waals surface area contributed by atoms with Crippen molar-refractivity contribution >= 4 is 38.9 Å². The van der Waals surface area contributed by atoms with E-state index in [1.807, 2.05) is 0 Å².